The SMILES string of the molecule is C=CCn1c(=O)c2cnc(Nc3ccc(N4CCN(CC5CCN(c6cccc7c(N8CCC(=O)NC8=O)nn(C)c67)CC5)CC4)cc3)nc2n1-c1cccc(C(C)(C)O)n1. The fourth-order valence-electron chi connectivity index (χ4n) is 8.80. The van der Waals surface area contributed by atoms with Crippen LogP contribution in [0.25, 0.3) is 27.8 Å². The molecule has 3 saturated heterocycles. The number of hydrogen-bond acceptors (Lipinski definition) is 12. The molecule has 3 N–H and O–H groups in total. The van der Waals surface area contributed by atoms with Crippen LogP contribution in [-0.4, -0.2) is 108 Å². The van der Waals surface area contributed by atoms with Crippen molar-refractivity contribution in [1.82, 2.24) is 44.3 Å². The van der Waals surface area contributed by atoms with Crippen molar-refractivity contribution < 1.29 is 14.7 Å². The van der Waals surface area contributed by atoms with Gasteiger partial charge in [-0.1, -0.05) is 18.2 Å². The van der Waals surface area contributed by atoms with Crippen LogP contribution in [0.2, 0.25) is 0 Å². The minimum Gasteiger partial charge on any atom is -0.384 e. The van der Waals surface area contributed by atoms with Gasteiger partial charge in [-0.3, -0.25) is 29.4 Å². The van der Waals surface area contributed by atoms with E-state index in [9.17, 15) is 19.5 Å². The molecule has 3 aliphatic heterocycles. The number of aromatic nitrogens is 7. The number of urea groups is 1. The number of allylic oxidation sites excluding steroid dienone is 1. The zero-order valence-electron chi connectivity index (χ0n) is 34.8. The number of anilines is 5. The first kappa shape index (κ1) is 39.8. The second-order valence-electron chi connectivity index (χ2n) is 16.6. The predicted octanol–water partition coefficient (Wildman–Crippen LogP) is 4.51. The van der Waals surface area contributed by atoms with Crippen molar-refractivity contribution >= 4 is 62.7 Å². The summed E-state index contributed by atoms with van der Waals surface area (Å²) in [5, 5.41) is 22.3. The number of piperidine rings is 1. The summed E-state index contributed by atoms with van der Waals surface area (Å²) < 4.78 is 5.02. The molecule has 9 rings (SSSR count). The average Bonchev–Trinajstić information content (AvgIpc) is 3.73. The van der Waals surface area contributed by atoms with E-state index < -0.39 is 11.6 Å². The average molecular weight is 826 g/mol. The smallest absolute Gasteiger partial charge is 0.329 e. The summed E-state index contributed by atoms with van der Waals surface area (Å²) in [4.78, 5) is 60.7. The number of aryl methyl sites for hydroxylation is 1. The van der Waals surface area contributed by atoms with E-state index in [2.05, 4.69) is 60.1 Å². The van der Waals surface area contributed by atoms with Gasteiger partial charge in [0.1, 0.15) is 11.0 Å². The van der Waals surface area contributed by atoms with Gasteiger partial charge in [0, 0.05) is 88.8 Å². The molecule has 0 unspecified atom stereocenters. The Kier molecular flexibility index (Phi) is 10.5. The molecule has 0 aliphatic carbocycles. The number of fused-ring (bicyclic) bond motifs is 2. The molecule has 316 valence electrons. The number of nitrogens with zero attached hydrogens (tertiary/aromatic N) is 11. The van der Waals surface area contributed by atoms with Gasteiger partial charge in [0.25, 0.3) is 5.56 Å². The van der Waals surface area contributed by atoms with Crippen LogP contribution >= 0.6 is 0 Å². The third-order valence-electron chi connectivity index (χ3n) is 12.0. The first-order chi connectivity index (χ1) is 29.4. The minimum absolute atomic E-state index is 0.240. The second kappa shape index (κ2) is 16.1. The first-order valence-electron chi connectivity index (χ1n) is 20.9. The highest BCUT2D eigenvalue weighted by molar-refractivity contribution is 6.10. The lowest BCUT2D eigenvalue weighted by Crippen LogP contribution is -2.49. The van der Waals surface area contributed by atoms with Crippen LogP contribution in [0.5, 0.6) is 0 Å². The molecule has 0 spiro atoms. The number of aliphatic hydroxyl groups is 1. The number of para-hydroxylation sites is 1. The molecular formula is C44H51N13O4. The van der Waals surface area contributed by atoms with Gasteiger partial charge in [-0.25, -0.2) is 24.1 Å². The van der Waals surface area contributed by atoms with Gasteiger partial charge >= 0.3 is 6.03 Å². The highest BCUT2D eigenvalue weighted by Gasteiger charge is 2.31. The number of nitrogens with one attached hydrogen (secondary N) is 2. The van der Waals surface area contributed by atoms with Gasteiger partial charge in [0.2, 0.25) is 11.9 Å². The summed E-state index contributed by atoms with van der Waals surface area (Å²) in [6, 6.07) is 19.3. The number of rotatable bonds is 11. The number of benzene rings is 2. The van der Waals surface area contributed by atoms with Crippen molar-refractivity contribution in [3.05, 3.63) is 95.6 Å². The van der Waals surface area contributed by atoms with Gasteiger partial charge in [0.05, 0.1) is 23.4 Å². The topological polar surface area (TPSA) is 175 Å². The van der Waals surface area contributed by atoms with Gasteiger partial charge in [0.15, 0.2) is 17.3 Å². The Balaban J connectivity index is 0.804. The van der Waals surface area contributed by atoms with Crippen LogP contribution < -0.4 is 30.9 Å². The molecule has 0 atom stereocenters. The lowest BCUT2D eigenvalue weighted by Gasteiger charge is -2.40. The maximum atomic E-state index is 13.4. The summed E-state index contributed by atoms with van der Waals surface area (Å²) in [5.41, 5.74) is 3.54. The van der Waals surface area contributed by atoms with Crippen molar-refractivity contribution in [3.63, 3.8) is 0 Å². The lowest BCUT2D eigenvalue weighted by atomic mass is 9.95. The van der Waals surface area contributed by atoms with Crippen LogP contribution in [0.1, 0.15) is 38.8 Å². The second-order valence-corrected chi connectivity index (χ2v) is 16.6. The number of carbonyl (C=O) groups excluding carboxylic acids is 2. The largest absolute Gasteiger partial charge is 0.384 e. The molecule has 0 bridgehead atoms. The third kappa shape index (κ3) is 7.81. The molecular weight excluding hydrogens is 775 g/mol. The van der Waals surface area contributed by atoms with E-state index in [-0.39, 0.29) is 24.4 Å². The molecule has 0 saturated carbocycles. The van der Waals surface area contributed by atoms with Crippen LogP contribution in [0.4, 0.5) is 33.6 Å². The van der Waals surface area contributed by atoms with Crippen molar-refractivity contribution in [1.29, 1.82) is 0 Å². The summed E-state index contributed by atoms with van der Waals surface area (Å²) in [7, 11) is 1.92. The summed E-state index contributed by atoms with van der Waals surface area (Å²) in [6.45, 7) is 14.6. The highest BCUT2D eigenvalue weighted by Crippen LogP contribution is 2.36. The number of hydrogen-bond donors (Lipinski definition) is 3. The van der Waals surface area contributed by atoms with Crippen LogP contribution in [0, 0.1) is 5.92 Å². The molecule has 4 aromatic heterocycles. The fraction of sp³-hybridized carbons (Fsp3) is 0.386. The third-order valence-corrected chi connectivity index (χ3v) is 12.0. The zero-order chi connectivity index (χ0) is 42.4. The van der Waals surface area contributed by atoms with E-state index in [1.54, 1.807) is 47.7 Å². The van der Waals surface area contributed by atoms with Crippen molar-refractivity contribution in [2.24, 2.45) is 13.0 Å². The quantitative estimate of drug-likeness (QED) is 0.156. The Morgan fingerprint density at radius 3 is 2.38 bits per heavy atom. The normalized spacial score (nSPS) is 17.1. The minimum atomic E-state index is -1.17. The predicted molar refractivity (Wildman–Crippen MR) is 236 cm³/mol. The Labute approximate surface area is 352 Å². The number of piperazine rings is 1. The van der Waals surface area contributed by atoms with Crippen molar-refractivity contribution in [3.8, 4) is 5.82 Å². The van der Waals surface area contributed by atoms with Gasteiger partial charge < -0.3 is 20.2 Å². The molecule has 6 aromatic rings. The molecule has 0 radical (unpaired) electrons. The molecule has 3 aliphatic rings. The monoisotopic (exact) mass is 825 g/mol. The van der Waals surface area contributed by atoms with Crippen LogP contribution in [0.3, 0.4) is 0 Å². The Bertz CT molecular complexity index is 2680. The fourth-order valence-corrected chi connectivity index (χ4v) is 8.80. The Morgan fingerprint density at radius 2 is 1.66 bits per heavy atom. The number of pyridine rings is 1. The van der Waals surface area contributed by atoms with E-state index in [1.807, 2.05) is 36.0 Å². The standard InChI is InChI=1S/C44H51N13O4/c1-5-19-56-41(59)33-27-45-42(49-39(33)57(56)36-11-7-10-35(47-36)44(2,3)61)46-30-12-14-31(15-13-30)53-25-23-52(24-26-53)28-29-16-20-54(21-17-29)34-9-6-8-32-38(34)51(4)50-40(32)55-22-18-37(58)48-43(55)60/h5-15,27,29,61H,1,16-26,28H2,2-4H3,(H,45,46,49)(H,48,58,60). The maximum absolute atomic E-state index is 13.4. The Morgan fingerprint density at radius 1 is 0.902 bits per heavy atom. The highest BCUT2D eigenvalue weighted by atomic mass is 16.3. The number of imide groups is 1. The molecule has 17 nitrogen and oxygen atoms in total. The van der Waals surface area contributed by atoms with Gasteiger partial charge in [-0.05, 0) is 81.1 Å². The Hall–Kier alpha value is -6.59. The number of amides is 3. The first-order valence-corrected chi connectivity index (χ1v) is 20.9. The van der Waals surface area contributed by atoms with E-state index in [4.69, 9.17) is 10.1 Å². The van der Waals surface area contributed by atoms with Gasteiger partial charge in [-0.15, -0.1) is 6.58 Å². The van der Waals surface area contributed by atoms with E-state index >= 15 is 0 Å². The molecule has 2 aromatic carbocycles. The zero-order valence-corrected chi connectivity index (χ0v) is 34.8. The molecule has 17 heteroatoms. The van der Waals surface area contributed by atoms with Crippen LogP contribution in [0.15, 0.2) is 84.3 Å². The van der Waals surface area contributed by atoms with Crippen molar-refractivity contribution in [2.75, 3.05) is 72.4 Å². The van der Waals surface area contributed by atoms with E-state index in [1.165, 1.54) is 10.9 Å². The summed E-state index contributed by atoms with van der Waals surface area (Å²) in [5.74, 6) is 1.74. The molecule has 7 heterocycles. The summed E-state index contributed by atoms with van der Waals surface area (Å²) >= 11 is 0. The molecule has 61 heavy (non-hydrogen) atoms. The lowest BCUT2D eigenvalue weighted by molar-refractivity contribution is -0.120. The number of carbonyl (C=O) groups is 2. The van der Waals surface area contributed by atoms with Crippen molar-refractivity contribution in [2.45, 2.75) is 45.3 Å². The van der Waals surface area contributed by atoms with E-state index in [0.717, 1.165) is 86.6 Å². The molecule has 3 amide bonds. The molecule has 3 fully saturated rings. The van der Waals surface area contributed by atoms with Gasteiger partial charge in [-0.2, -0.15) is 10.1 Å². The maximum Gasteiger partial charge on any atom is 0.329 e. The van der Waals surface area contributed by atoms with E-state index in [0.29, 0.717) is 46.8 Å². The summed E-state index contributed by atoms with van der Waals surface area (Å²) in [6.07, 6.45) is 5.64. The van der Waals surface area contributed by atoms with Crippen LogP contribution in [-0.2, 0) is 24.0 Å².